The van der Waals surface area contributed by atoms with Gasteiger partial charge in [-0.15, -0.1) is 0 Å². The second kappa shape index (κ2) is 4.42. The van der Waals surface area contributed by atoms with Gasteiger partial charge in [-0.25, -0.2) is 0 Å². The molecule has 4 heteroatoms. The zero-order valence-corrected chi connectivity index (χ0v) is 11.5. The molecule has 2 heterocycles. The number of fused-ring (bicyclic) bond motifs is 1. The number of rotatable bonds is 2. The van der Waals surface area contributed by atoms with Crippen molar-refractivity contribution in [1.29, 1.82) is 0 Å². The van der Waals surface area contributed by atoms with Gasteiger partial charge in [0.1, 0.15) is 0 Å². The summed E-state index contributed by atoms with van der Waals surface area (Å²) in [4.78, 5) is 15.5. The van der Waals surface area contributed by atoms with Crippen molar-refractivity contribution in [3.05, 3.63) is 33.5 Å². The second-order valence-electron chi connectivity index (χ2n) is 4.41. The van der Waals surface area contributed by atoms with E-state index in [9.17, 15) is 4.79 Å². The van der Waals surface area contributed by atoms with Gasteiger partial charge in [0.25, 0.3) is 0 Å². The molecule has 17 heavy (non-hydrogen) atoms. The van der Waals surface area contributed by atoms with Gasteiger partial charge in [-0.05, 0) is 60.2 Å². The fraction of sp³-hybridized carbons (Fsp3) is 0.308. The van der Waals surface area contributed by atoms with Crippen LogP contribution in [0.5, 0.6) is 0 Å². The first-order valence-corrected chi connectivity index (χ1v) is 6.88. The molecule has 0 aliphatic carbocycles. The summed E-state index contributed by atoms with van der Waals surface area (Å²) in [7, 11) is 0. The number of H-pyrrole nitrogens is 1. The fourth-order valence-corrected chi connectivity index (χ4v) is 2.88. The first-order valence-electron chi connectivity index (χ1n) is 5.80. The molecule has 0 saturated carbocycles. The van der Waals surface area contributed by atoms with Crippen molar-refractivity contribution in [3.63, 3.8) is 0 Å². The molecule has 88 valence electrons. The van der Waals surface area contributed by atoms with Crippen molar-refractivity contribution < 1.29 is 4.79 Å². The Morgan fingerprint density at radius 2 is 2.29 bits per heavy atom. The SMILES string of the molecule is O=C(c1c[nH]c2ccc(I)cc12)C1CCCN1. The predicted molar refractivity (Wildman–Crippen MR) is 76.4 cm³/mol. The summed E-state index contributed by atoms with van der Waals surface area (Å²) in [6.07, 6.45) is 3.88. The fourth-order valence-electron chi connectivity index (χ4n) is 2.39. The lowest BCUT2D eigenvalue weighted by atomic mass is 10.0. The number of carbonyl (C=O) groups is 1. The van der Waals surface area contributed by atoms with Crippen molar-refractivity contribution in [2.75, 3.05) is 6.54 Å². The van der Waals surface area contributed by atoms with Crippen LogP contribution in [-0.4, -0.2) is 23.4 Å². The Bertz CT molecular complexity index is 570. The first-order chi connectivity index (χ1) is 8.25. The average molecular weight is 340 g/mol. The Kier molecular flexibility index (Phi) is 2.92. The minimum Gasteiger partial charge on any atom is -0.360 e. The van der Waals surface area contributed by atoms with E-state index in [0.29, 0.717) is 0 Å². The first kappa shape index (κ1) is 11.2. The van der Waals surface area contributed by atoms with Gasteiger partial charge < -0.3 is 10.3 Å². The van der Waals surface area contributed by atoms with Crippen LogP contribution >= 0.6 is 22.6 Å². The highest BCUT2D eigenvalue weighted by Crippen LogP contribution is 2.23. The topological polar surface area (TPSA) is 44.9 Å². The molecule has 2 aromatic rings. The molecule has 0 spiro atoms. The molecule has 1 aromatic heterocycles. The van der Waals surface area contributed by atoms with Gasteiger partial charge in [-0.2, -0.15) is 0 Å². The Balaban J connectivity index is 2.04. The third-order valence-corrected chi connectivity index (χ3v) is 3.96. The molecule has 1 fully saturated rings. The summed E-state index contributed by atoms with van der Waals surface area (Å²) in [6.45, 7) is 0.955. The Labute approximate surface area is 113 Å². The zero-order valence-electron chi connectivity index (χ0n) is 9.29. The van der Waals surface area contributed by atoms with Crippen LogP contribution in [-0.2, 0) is 0 Å². The van der Waals surface area contributed by atoms with Gasteiger partial charge in [0, 0.05) is 26.2 Å². The molecule has 1 aliphatic rings. The highest BCUT2D eigenvalue weighted by atomic mass is 127. The maximum absolute atomic E-state index is 12.3. The number of Topliss-reactive ketones (excluding diaryl/α,β-unsaturated/α-hetero) is 1. The van der Waals surface area contributed by atoms with E-state index in [0.717, 1.165) is 39.4 Å². The second-order valence-corrected chi connectivity index (χ2v) is 5.65. The number of halogens is 1. The number of nitrogens with one attached hydrogen (secondary N) is 2. The minimum absolute atomic E-state index is 0.00636. The molecule has 0 radical (unpaired) electrons. The molecule has 1 atom stereocenters. The van der Waals surface area contributed by atoms with Gasteiger partial charge >= 0.3 is 0 Å². The monoisotopic (exact) mass is 340 g/mol. The normalized spacial score (nSPS) is 19.9. The number of ketones is 1. The van der Waals surface area contributed by atoms with Gasteiger partial charge in [0.15, 0.2) is 5.78 Å². The average Bonchev–Trinajstić information content (AvgIpc) is 2.97. The van der Waals surface area contributed by atoms with Crippen LogP contribution in [0.2, 0.25) is 0 Å². The number of hydrogen-bond donors (Lipinski definition) is 2. The summed E-state index contributed by atoms with van der Waals surface area (Å²) < 4.78 is 1.16. The number of aromatic nitrogens is 1. The standard InChI is InChI=1S/C13H13IN2O/c14-8-3-4-11-9(6-8)10(7-16-11)13(17)12-2-1-5-15-12/h3-4,6-7,12,15-16H,1-2,5H2. The molecule has 3 nitrogen and oxygen atoms in total. The van der Waals surface area contributed by atoms with Gasteiger partial charge in [-0.3, -0.25) is 4.79 Å². The number of benzene rings is 1. The Morgan fingerprint density at radius 3 is 3.06 bits per heavy atom. The Hall–Kier alpha value is -0.880. The van der Waals surface area contributed by atoms with E-state index < -0.39 is 0 Å². The molecule has 1 saturated heterocycles. The third-order valence-electron chi connectivity index (χ3n) is 3.29. The summed E-state index contributed by atoms with van der Waals surface area (Å²) in [5, 5.41) is 4.30. The van der Waals surface area contributed by atoms with Crippen LogP contribution in [0, 0.1) is 3.57 Å². The highest BCUT2D eigenvalue weighted by Gasteiger charge is 2.25. The summed E-state index contributed by atoms with van der Waals surface area (Å²) in [5.74, 6) is 0.218. The lowest BCUT2D eigenvalue weighted by Crippen LogP contribution is -2.30. The lowest BCUT2D eigenvalue weighted by molar-refractivity contribution is 0.0954. The largest absolute Gasteiger partial charge is 0.360 e. The molecule has 1 aliphatic heterocycles. The smallest absolute Gasteiger partial charge is 0.181 e. The summed E-state index contributed by atoms with van der Waals surface area (Å²) >= 11 is 2.27. The van der Waals surface area contributed by atoms with Gasteiger partial charge in [-0.1, -0.05) is 0 Å². The van der Waals surface area contributed by atoms with E-state index in [1.807, 2.05) is 18.3 Å². The van der Waals surface area contributed by atoms with Gasteiger partial charge in [0.05, 0.1) is 6.04 Å². The van der Waals surface area contributed by atoms with E-state index in [2.05, 4.69) is 39.0 Å². The van der Waals surface area contributed by atoms with E-state index in [-0.39, 0.29) is 11.8 Å². The van der Waals surface area contributed by atoms with Crippen molar-refractivity contribution in [1.82, 2.24) is 10.3 Å². The summed E-state index contributed by atoms with van der Waals surface area (Å²) in [6, 6.07) is 6.14. The third kappa shape index (κ3) is 1.99. The van der Waals surface area contributed by atoms with E-state index in [1.54, 1.807) is 0 Å². The van der Waals surface area contributed by atoms with E-state index in [4.69, 9.17) is 0 Å². The van der Waals surface area contributed by atoms with E-state index >= 15 is 0 Å². The van der Waals surface area contributed by atoms with Gasteiger partial charge in [0.2, 0.25) is 0 Å². The number of hydrogen-bond acceptors (Lipinski definition) is 2. The number of aromatic amines is 1. The van der Waals surface area contributed by atoms with Crippen LogP contribution in [0.4, 0.5) is 0 Å². The zero-order chi connectivity index (χ0) is 11.8. The van der Waals surface area contributed by atoms with Crippen LogP contribution < -0.4 is 5.32 Å². The molecule has 0 bridgehead atoms. The van der Waals surface area contributed by atoms with Crippen molar-refractivity contribution in [2.45, 2.75) is 18.9 Å². The lowest BCUT2D eigenvalue weighted by Gasteiger charge is -2.07. The van der Waals surface area contributed by atoms with Crippen molar-refractivity contribution in [3.8, 4) is 0 Å². The molecular formula is C13H13IN2O. The molecular weight excluding hydrogens is 327 g/mol. The van der Waals surface area contributed by atoms with E-state index in [1.165, 1.54) is 0 Å². The molecule has 2 N–H and O–H groups in total. The minimum atomic E-state index is 0.00636. The maximum atomic E-state index is 12.3. The maximum Gasteiger partial charge on any atom is 0.181 e. The van der Waals surface area contributed by atoms with Crippen molar-refractivity contribution >= 4 is 39.3 Å². The molecule has 3 rings (SSSR count). The predicted octanol–water partition coefficient (Wildman–Crippen LogP) is 2.71. The Morgan fingerprint density at radius 1 is 1.41 bits per heavy atom. The van der Waals surface area contributed by atoms with Crippen LogP contribution in [0.1, 0.15) is 23.2 Å². The quantitative estimate of drug-likeness (QED) is 0.652. The number of carbonyl (C=O) groups excluding carboxylic acids is 1. The molecule has 0 amide bonds. The molecule has 1 aromatic carbocycles. The highest BCUT2D eigenvalue weighted by molar-refractivity contribution is 14.1. The molecule has 1 unspecified atom stereocenters. The summed E-state index contributed by atoms with van der Waals surface area (Å²) in [5.41, 5.74) is 1.85. The van der Waals surface area contributed by atoms with Crippen LogP contribution in [0.15, 0.2) is 24.4 Å². The van der Waals surface area contributed by atoms with Crippen molar-refractivity contribution in [2.24, 2.45) is 0 Å². The van der Waals surface area contributed by atoms with Crippen LogP contribution in [0.3, 0.4) is 0 Å². The van der Waals surface area contributed by atoms with Crippen LogP contribution in [0.25, 0.3) is 10.9 Å².